The molecule has 1 aliphatic rings. The molecule has 0 aliphatic carbocycles. The number of ether oxygens (including phenoxy) is 1. The van der Waals surface area contributed by atoms with Crippen molar-refractivity contribution in [3.05, 3.63) is 59.0 Å². The number of hydrogen-bond acceptors (Lipinski definition) is 3. The van der Waals surface area contributed by atoms with Crippen LogP contribution < -0.4 is 10.6 Å². The van der Waals surface area contributed by atoms with E-state index in [9.17, 15) is 0 Å². The average Bonchev–Trinajstić information content (AvgIpc) is 3.12. The van der Waals surface area contributed by atoms with Crippen LogP contribution in [0.3, 0.4) is 0 Å². The molecule has 1 fully saturated rings. The zero-order chi connectivity index (χ0) is 19.2. The van der Waals surface area contributed by atoms with Crippen LogP contribution in [0.4, 0.5) is 0 Å². The van der Waals surface area contributed by atoms with Crippen LogP contribution in [0.2, 0.25) is 0 Å². The molecule has 0 bridgehead atoms. The van der Waals surface area contributed by atoms with E-state index in [1.807, 2.05) is 19.1 Å². The van der Waals surface area contributed by atoms with Crippen molar-refractivity contribution in [1.29, 1.82) is 0 Å². The van der Waals surface area contributed by atoms with Gasteiger partial charge in [-0.25, -0.2) is 0 Å². The second kappa shape index (κ2) is 9.09. The van der Waals surface area contributed by atoms with Gasteiger partial charge >= 0.3 is 0 Å². The zero-order valence-corrected chi connectivity index (χ0v) is 16.8. The molecule has 0 radical (unpaired) electrons. The van der Waals surface area contributed by atoms with Crippen molar-refractivity contribution in [2.45, 2.75) is 45.8 Å². The average molecular weight is 370 g/mol. The molecule has 5 nitrogen and oxygen atoms in total. The first-order valence-electron chi connectivity index (χ1n) is 9.78. The second-order valence-electron chi connectivity index (χ2n) is 7.37. The molecular weight excluding hydrogens is 338 g/mol. The Hall–Kier alpha value is -2.27. The molecule has 5 heteroatoms. The summed E-state index contributed by atoms with van der Waals surface area (Å²) >= 11 is 0. The van der Waals surface area contributed by atoms with Gasteiger partial charge in [-0.3, -0.25) is 4.99 Å². The van der Waals surface area contributed by atoms with Crippen molar-refractivity contribution in [3.63, 3.8) is 0 Å². The molecule has 0 spiro atoms. The maximum atomic E-state index is 6.12. The third-order valence-electron chi connectivity index (χ3n) is 5.15. The fourth-order valence-corrected chi connectivity index (χ4v) is 3.56. The van der Waals surface area contributed by atoms with Crippen molar-refractivity contribution >= 4 is 5.96 Å². The van der Waals surface area contributed by atoms with Crippen molar-refractivity contribution in [2.24, 2.45) is 10.9 Å². The second-order valence-corrected chi connectivity index (χ2v) is 7.37. The minimum Gasteiger partial charge on any atom is -0.464 e. The number of guanidine groups is 1. The van der Waals surface area contributed by atoms with Crippen LogP contribution in [0.1, 0.15) is 54.6 Å². The Morgan fingerprint density at radius 3 is 2.63 bits per heavy atom. The van der Waals surface area contributed by atoms with Crippen LogP contribution in [0.5, 0.6) is 0 Å². The van der Waals surface area contributed by atoms with Crippen molar-refractivity contribution < 1.29 is 9.15 Å². The fraction of sp³-hybridized carbons (Fsp3) is 0.500. The van der Waals surface area contributed by atoms with E-state index in [2.05, 4.69) is 53.7 Å². The standard InChI is InChI=1S/C22H31N3O2/c1-15-7-10-18(11-8-15)21-19(6-5-13-26-21)14-24-22(23-4)25-17(3)20-12-9-16(2)27-20/h7-12,17,19,21H,5-6,13-14H2,1-4H3,(H2,23,24,25). The van der Waals surface area contributed by atoms with Gasteiger partial charge in [0, 0.05) is 26.1 Å². The first kappa shape index (κ1) is 19.5. The van der Waals surface area contributed by atoms with Crippen LogP contribution in [0, 0.1) is 19.8 Å². The number of benzene rings is 1. The van der Waals surface area contributed by atoms with Gasteiger partial charge in [-0.15, -0.1) is 0 Å². The fourth-order valence-electron chi connectivity index (χ4n) is 3.56. The molecule has 3 atom stereocenters. The van der Waals surface area contributed by atoms with Crippen LogP contribution in [-0.4, -0.2) is 26.2 Å². The first-order chi connectivity index (χ1) is 13.1. The minimum absolute atomic E-state index is 0.0559. The summed E-state index contributed by atoms with van der Waals surface area (Å²) in [5, 5.41) is 6.88. The van der Waals surface area contributed by atoms with Crippen LogP contribution in [0.15, 0.2) is 45.8 Å². The highest BCUT2D eigenvalue weighted by Crippen LogP contribution is 2.33. The zero-order valence-electron chi connectivity index (χ0n) is 16.8. The summed E-state index contributed by atoms with van der Waals surface area (Å²) in [4.78, 5) is 4.37. The van der Waals surface area contributed by atoms with E-state index in [1.54, 1.807) is 7.05 Å². The van der Waals surface area contributed by atoms with E-state index >= 15 is 0 Å². The molecule has 1 aromatic heterocycles. The van der Waals surface area contributed by atoms with Gasteiger partial charge in [-0.1, -0.05) is 29.8 Å². The van der Waals surface area contributed by atoms with Gasteiger partial charge in [-0.05, 0) is 51.3 Å². The number of aryl methyl sites for hydroxylation is 2. The summed E-state index contributed by atoms with van der Waals surface area (Å²) in [5.74, 6) is 3.03. The summed E-state index contributed by atoms with van der Waals surface area (Å²) in [7, 11) is 1.80. The molecule has 146 valence electrons. The van der Waals surface area contributed by atoms with Crippen LogP contribution in [-0.2, 0) is 4.74 Å². The molecule has 27 heavy (non-hydrogen) atoms. The Morgan fingerprint density at radius 2 is 1.96 bits per heavy atom. The molecule has 1 aliphatic heterocycles. The highest BCUT2D eigenvalue weighted by Gasteiger charge is 2.27. The first-order valence-corrected chi connectivity index (χ1v) is 9.78. The van der Waals surface area contributed by atoms with Gasteiger partial charge in [0.05, 0.1) is 12.1 Å². The van der Waals surface area contributed by atoms with Gasteiger partial charge in [0.25, 0.3) is 0 Å². The summed E-state index contributed by atoms with van der Waals surface area (Å²) < 4.78 is 11.8. The summed E-state index contributed by atoms with van der Waals surface area (Å²) in [6, 6.07) is 12.7. The van der Waals surface area contributed by atoms with Gasteiger partial charge in [0.15, 0.2) is 5.96 Å². The molecule has 1 aromatic carbocycles. The summed E-state index contributed by atoms with van der Waals surface area (Å²) in [5.41, 5.74) is 2.53. The normalized spacial score (nSPS) is 21.7. The number of hydrogen-bond donors (Lipinski definition) is 2. The van der Waals surface area contributed by atoms with E-state index in [-0.39, 0.29) is 12.1 Å². The van der Waals surface area contributed by atoms with Gasteiger partial charge in [0.1, 0.15) is 11.5 Å². The lowest BCUT2D eigenvalue weighted by molar-refractivity contribution is -0.0265. The number of nitrogens with zero attached hydrogens (tertiary/aromatic N) is 1. The predicted octanol–water partition coefficient (Wildman–Crippen LogP) is 4.29. The molecular formula is C22H31N3O2. The Balaban J connectivity index is 1.59. The third kappa shape index (κ3) is 5.13. The van der Waals surface area contributed by atoms with E-state index in [1.165, 1.54) is 11.1 Å². The highest BCUT2D eigenvalue weighted by molar-refractivity contribution is 5.80. The van der Waals surface area contributed by atoms with Crippen molar-refractivity contribution in [2.75, 3.05) is 20.2 Å². The Bertz CT molecular complexity index is 751. The Labute approximate surface area is 162 Å². The lowest BCUT2D eigenvalue weighted by atomic mass is 9.89. The quantitative estimate of drug-likeness (QED) is 0.610. The molecule has 0 saturated carbocycles. The predicted molar refractivity (Wildman–Crippen MR) is 109 cm³/mol. The Morgan fingerprint density at radius 1 is 1.19 bits per heavy atom. The lowest BCUT2D eigenvalue weighted by Crippen LogP contribution is -2.42. The summed E-state index contributed by atoms with van der Waals surface area (Å²) in [6.07, 6.45) is 2.38. The van der Waals surface area contributed by atoms with Gasteiger partial charge in [0.2, 0.25) is 0 Å². The largest absolute Gasteiger partial charge is 0.464 e. The molecule has 2 aromatic rings. The molecule has 3 rings (SSSR count). The molecule has 2 heterocycles. The highest BCUT2D eigenvalue weighted by atomic mass is 16.5. The van der Waals surface area contributed by atoms with E-state index in [0.29, 0.717) is 5.92 Å². The number of rotatable bonds is 5. The summed E-state index contributed by atoms with van der Waals surface area (Å²) in [6.45, 7) is 7.79. The molecule has 0 amide bonds. The van der Waals surface area contributed by atoms with Crippen LogP contribution in [0.25, 0.3) is 0 Å². The van der Waals surface area contributed by atoms with E-state index < -0.39 is 0 Å². The molecule has 3 unspecified atom stereocenters. The van der Waals surface area contributed by atoms with Gasteiger partial charge < -0.3 is 19.8 Å². The SMILES string of the molecule is CN=C(NCC1CCCOC1c1ccc(C)cc1)NC(C)c1ccc(C)o1. The van der Waals surface area contributed by atoms with Crippen molar-refractivity contribution in [3.8, 4) is 0 Å². The maximum Gasteiger partial charge on any atom is 0.191 e. The Kier molecular flexibility index (Phi) is 6.56. The monoisotopic (exact) mass is 369 g/mol. The lowest BCUT2D eigenvalue weighted by Gasteiger charge is -2.33. The van der Waals surface area contributed by atoms with Crippen molar-refractivity contribution in [1.82, 2.24) is 10.6 Å². The molecule has 2 N–H and O–H groups in total. The van der Waals surface area contributed by atoms with E-state index in [0.717, 1.165) is 43.5 Å². The number of nitrogens with one attached hydrogen (secondary N) is 2. The third-order valence-corrected chi connectivity index (χ3v) is 5.15. The smallest absolute Gasteiger partial charge is 0.191 e. The topological polar surface area (TPSA) is 58.8 Å². The number of furan rings is 1. The van der Waals surface area contributed by atoms with E-state index in [4.69, 9.17) is 9.15 Å². The maximum absolute atomic E-state index is 6.12. The minimum atomic E-state index is 0.0559. The number of aliphatic imine (C=N–C) groups is 1. The van der Waals surface area contributed by atoms with Crippen LogP contribution >= 0.6 is 0 Å². The molecule has 1 saturated heterocycles. The van der Waals surface area contributed by atoms with Gasteiger partial charge in [-0.2, -0.15) is 0 Å².